The Morgan fingerprint density at radius 1 is 1.82 bits per heavy atom. The molecule has 1 aromatic heterocycles. The molecule has 1 radical (unpaired) electrons. The van der Waals surface area contributed by atoms with E-state index in [0.29, 0.717) is 0 Å². The number of nitrogens with zero attached hydrogens (tertiary/aromatic N) is 1. The Kier molecular flexibility index (Phi) is 2.00. The first kappa shape index (κ1) is 7.46. The van der Waals surface area contributed by atoms with Crippen molar-refractivity contribution in [3.8, 4) is 0 Å². The predicted molar refractivity (Wildman–Crippen MR) is 36.2 cm³/mol. The van der Waals surface area contributed by atoms with Crippen LogP contribution in [-0.4, -0.2) is 11.0 Å². The standard InChI is InChI=1S/C6H5FN3O/c7-4-3-9-2-1-5(4)10-6(8)11/h1-2H,(H3,8,9,10,11). The van der Waals surface area contributed by atoms with E-state index in [4.69, 9.17) is 5.73 Å². The molecule has 0 aliphatic carbocycles. The molecule has 0 saturated carbocycles. The van der Waals surface area contributed by atoms with E-state index in [-0.39, 0.29) is 5.69 Å². The lowest BCUT2D eigenvalue weighted by Gasteiger charge is -1.99. The van der Waals surface area contributed by atoms with E-state index in [9.17, 15) is 9.18 Å². The number of hydrogen-bond donors (Lipinski definition) is 2. The first-order valence-corrected chi connectivity index (χ1v) is 2.79. The number of amides is 2. The van der Waals surface area contributed by atoms with Gasteiger partial charge in [0.1, 0.15) is 6.20 Å². The van der Waals surface area contributed by atoms with Crippen molar-refractivity contribution in [3.05, 3.63) is 24.3 Å². The molecule has 0 aliphatic rings. The molecule has 0 aromatic carbocycles. The van der Waals surface area contributed by atoms with Gasteiger partial charge in [-0.15, -0.1) is 0 Å². The van der Waals surface area contributed by atoms with Crippen LogP contribution >= 0.6 is 0 Å². The van der Waals surface area contributed by atoms with E-state index in [1.807, 2.05) is 6.20 Å². The molecule has 57 valence electrons. The van der Waals surface area contributed by atoms with Crippen molar-refractivity contribution in [3.63, 3.8) is 0 Å². The number of pyridine rings is 1. The van der Waals surface area contributed by atoms with E-state index >= 15 is 0 Å². The minimum atomic E-state index is -0.816. The van der Waals surface area contributed by atoms with Crippen molar-refractivity contribution in [2.75, 3.05) is 5.32 Å². The van der Waals surface area contributed by atoms with Crippen LogP contribution in [0, 0.1) is 12.0 Å². The zero-order valence-corrected chi connectivity index (χ0v) is 5.47. The van der Waals surface area contributed by atoms with E-state index in [0.717, 1.165) is 0 Å². The highest BCUT2D eigenvalue weighted by Crippen LogP contribution is 2.08. The normalized spacial score (nSPS) is 9.18. The van der Waals surface area contributed by atoms with Gasteiger partial charge in [-0.2, -0.15) is 0 Å². The van der Waals surface area contributed by atoms with E-state index in [1.165, 1.54) is 12.3 Å². The van der Waals surface area contributed by atoms with Crippen LogP contribution in [0.3, 0.4) is 0 Å². The summed E-state index contributed by atoms with van der Waals surface area (Å²) in [5.74, 6) is -0.730. The number of halogens is 1. The monoisotopic (exact) mass is 154 g/mol. The molecule has 1 heterocycles. The lowest BCUT2D eigenvalue weighted by molar-refractivity contribution is 0.259. The van der Waals surface area contributed by atoms with Gasteiger partial charge in [0, 0.05) is 6.20 Å². The maximum atomic E-state index is 12.6. The highest BCUT2D eigenvalue weighted by Gasteiger charge is 2.01. The Labute approximate surface area is 62.2 Å². The molecular weight excluding hydrogens is 149 g/mol. The molecule has 3 N–H and O–H groups in total. The van der Waals surface area contributed by atoms with Crippen molar-refractivity contribution in [1.29, 1.82) is 0 Å². The van der Waals surface area contributed by atoms with Crippen LogP contribution in [0.2, 0.25) is 0 Å². The van der Waals surface area contributed by atoms with Crippen molar-refractivity contribution in [2.45, 2.75) is 0 Å². The van der Waals surface area contributed by atoms with Gasteiger partial charge in [0.25, 0.3) is 0 Å². The second kappa shape index (κ2) is 2.96. The SMILES string of the molecule is NC(=O)Nc1ccn[c]c1F. The van der Waals surface area contributed by atoms with Gasteiger partial charge >= 0.3 is 6.03 Å². The van der Waals surface area contributed by atoms with Crippen LogP contribution in [0.4, 0.5) is 14.9 Å². The van der Waals surface area contributed by atoms with Crippen LogP contribution in [0.25, 0.3) is 0 Å². The fourth-order valence-electron chi connectivity index (χ4n) is 0.568. The summed E-state index contributed by atoms with van der Waals surface area (Å²) in [6.07, 6.45) is 3.32. The molecule has 2 amide bonds. The summed E-state index contributed by atoms with van der Waals surface area (Å²) in [6, 6.07) is 0.472. The molecule has 1 aromatic rings. The van der Waals surface area contributed by atoms with Crippen LogP contribution in [0.1, 0.15) is 0 Å². The second-order valence-electron chi connectivity index (χ2n) is 1.77. The van der Waals surface area contributed by atoms with Gasteiger partial charge in [0.15, 0.2) is 5.82 Å². The molecule has 0 aliphatic heterocycles. The number of aromatic nitrogens is 1. The van der Waals surface area contributed by atoms with Gasteiger partial charge in [0.05, 0.1) is 5.69 Å². The number of carbonyl (C=O) groups excluding carboxylic acids is 1. The largest absolute Gasteiger partial charge is 0.351 e. The van der Waals surface area contributed by atoms with E-state index < -0.39 is 11.8 Å². The van der Waals surface area contributed by atoms with Gasteiger partial charge in [0.2, 0.25) is 0 Å². The summed E-state index contributed by atoms with van der Waals surface area (Å²) in [6.45, 7) is 0. The number of hydrogen-bond acceptors (Lipinski definition) is 2. The zero-order valence-electron chi connectivity index (χ0n) is 5.47. The van der Waals surface area contributed by atoms with Gasteiger partial charge in [-0.05, 0) is 6.07 Å². The quantitative estimate of drug-likeness (QED) is 0.618. The van der Waals surface area contributed by atoms with Crippen LogP contribution in [0.15, 0.2) is 12.3 Å². The number of primary amides is 1. The summed E-state index contributed by atoms with van der Waals surface area (Å²) in [7, 11) is 0. The molecule has 0 saturated heterocycles. The summed E-state index contributed by atoms with van der Waals surface area (Å²) in [4.78, 5) is 13.6. The van der Waals surface area contributed by atoms with Crippen molar-refractivity contribution < 1.29 is 9.18 Å². The van der Waals surface area contributed by atoms with Crippen LogP contribution in [-0.2, 0) is 0 Å². The molecule has 0 atom stereocenters. The average molecular weight is 154 g/mol. The molecule has 0 unspecified atom stereocenters. The van der Waals surface area contributed by atoms with Crippen molar-refractivity contribution in [2.24, 2.45) is 5.73 Å². The zero-order chi connectivity index (χ0) is 8.27. The molecule has 0 bridgehead atoms. The van der Waals surface area contributed by atoms with Gasteiger partial charge in [-0.25, -0.2) is 9.18 Å². The third-order valence-corrected chi connectivity index (χ3v) is 0.973. The topological polar surface area (TPSA) is 68.0 Å². The Morgan fingerprint density at radius 2 is 2.55 bits per heavy atom. The number of nitrogens with one attached hydrogen (secondary N) is 1. The molecular formula is C6H5FN3O. The highest BCUT2D eigenvalue weighted by atomic mass is 19.1. The molecule has 1 rings (SSSR count). The third kappa shape index (κ3) is 1.89. The Hall–Kier alpha value is -1.65. The number of rotatable bonds is 1. The average Bonchev–Trinajstić information content (AvgIpc) is 1.93. The summed E-state index contributed by atoms with van der Waals surface area (Å²) in [5, 5.41) is 2.07. The minimum Gasteiger partial charge on any atom is -0.351 e. The highest BCUT2D eigenvalue weighted by molar-refractivity contribution is 5.87. The lowest BCUT2D eigenvalue weighted by Crippen LogP contribution is -2.20. The number of anilines is 1. The molecule has 5 heteroatoms. The molecule has 0 spiro atoms. The van der Waals surface area contributed by atoms with Gasteiger partial charge in [-0.1, -0.05) is 0 Å². The number of carbonyl (C=O) groups is 1. The summed E-state index contributed by atoms with van der Waals surface area (Å²) >= 11 is 0. The summed E-state index contributed by atoms with van der Waals surface area (Å²) < 4.78 is 12.6. The van der Waals surface area contributed by atoms with Crippen LogP contribution in [0.5, 0.6) is 0 Å². The minimum absolute atomic E-state index is 0.0208. The Bertz CT molecular complexity index is 276. The van der Waals surface area contributed by atoms with E-state index in [2.05, 4.69) is 10.3 Å². The third-order valence-electron chi connectivity index (χ3n) is 0.973. The fourth-order valence-corrected chi connectivity index (χ4v) is 0.568. The summed E-state index contributed by atoms with van der Waals surface area (Å²) in [5.41, 5.74) is 4.72. The maximum Gasteiger partial charge on any atom is 0.316 e. The fraction of sp³-hybridized carbons (Fsp3) is 0. The van der Waals surface area contributed by atoms with Crippen molar-refractivity contribution in [1.82, 2.24) is 4.98 Å². The molecule has 0 fully saturated rings. The predicted octanol–water partition coefficient (Wildman–Crippen LogP) is 0.511. The molecule has 11 heavy (non-hydrogen) atoms. The molecule has 4 nitrogen and oxygen atoms in total. The Balaban J connectivity index is 2.86. The van der Waals surface area contributed by atoms with Crippen LogP contribution < -0.4 is 11.1 Å². The van der Waals surface area contributed by atoms with E-state index in [1.54, 1.807) is 0 Å². The van der Waals surface area contributed by atoms with Crippen molar-refractivity contribution >= 4 is 11.7 Å². The lowest BCUT2D eigenvalue weighted by atomic mass is 10.4. The second-order valence-corrected chi connectivity index (χ2v) is 1.77. The van der Waals surface area contributed by atoms with Gasteiger partial charge < -0.3 is 11.1 Å². The maximum absolute atomic E-state index is 12.6. The first-order chi connectivity index (χ1) is 5.20. The smallest absolute Gasteiger partial charge is 0.316 e. The number of nitrogens with two attached hydrogens (primary N) is 1. The first-order valence-electron chi connectivity index (χ1n) is 2.79. The Morgan fingerprint density at radius 3 is 3.09 bits per heavy atom. The number of urea groups is 1. The van der Waals surface area contributed by atoms with Gasteiger partial charge in [-0.3, -0.25) is 4.98 Å².